The fraction of sp³-hybridized carbons (Fsp3) is 0. The molecular formula is C64H41NS. The Labute approximate surface area is 387 Å². The summed E-state index contributed by atoms with van der Waals surface area (Å²) in [7, 11) is 0. The molecule has 66 heavy (non-hydrogen) atoms. The van der Waals surface area contributed by atoms with Crippen LogP contribution >= 0.6 is 11.3 Å². The summed E-state index contributed by atoms with van der Waals surface area (Å²) in [5, 5.41) is 12.6. The minimum absolute atomic E-state index is 1.09. The van der Waals surface area contributed by atoms with Gasteiger partial charge in [0.1, 0.15) is 0 Å². The second kappa shape index (κ2) is 15.7. The van der Waals surface area contributed by atoms with Crippen molar-refractivity contribution in [3.8, 4) is 44.5 Å². The molecule has 1 nitrogen and oxygen atoms in total. The molecule has 12 aromatic carbocycles. The van der Waals surface area contributed by atoms with Crippen LogP contribution < -0.4 is 4.90 Å². The zero-order chi connectivity index (χ0) is 43.6. The number of nitrogens with zero attached hydrogens (tertiary/aromatic N) is 1. The van der Waals surface area contributed by atoms with Gasteiger partial charge < -0.3 is 4.90 Å². The Hall–Kier alpha value is -8.30. The Kier molecular flexibility index (Phi) is 9.11. The highest BCUT2D eigenvalue weighted by atomic mass is 32.1. The lowest BCUT2D eigenvalue weighted by Crippen LogP contribution is -2.10. The first kappa shape index (κ1) is 38.2. The molecule has 13 rings (SSSR count). The summed E-state index contributed by atoms with van der Waals surface area (Å²) in [6.45, 7) is 0. The van der Waals surface area contributed by atoms with E-state index < -0.39 is 0 Å². The van der Waals surface area contributed by atoms with Crippen molar-refractivity contribution in [3.05, 3.63) is 249 Å². The van der Waals surface area contributed by atoms with Gasteiger partial charge in [-0.15, -0.1) is 11.3 Å². The third-order valence-corrected chi connectivity index (χ3v) is 14.6. The number of hydrogen-bond acceptors (Lipinski definition) is 2. The molecule has 308 valence electrons. The van der Waals surface area contributed by atoms with Gasteiger partial charge in [-0.25, -0.2) is 0 Å². The molecule has 0 bridgehead atoms. The molecule has 0 atom stereocenters. The Morgan fingerprint density at radius 2 is 0.773 bits per heavy atom. The smallest absolute Gasteiger partial charge is 0.0468 e. The SMILES string of the molecule is c1ccc(-c2c(-c3ccccc3)c3cc(-c4cccc(N(c5cccc(-c6cccc7c6sc6ccccc67)c5)c5ccc6c(ccc7ccccc76)c5)c4)ccc3c3ccccc23)cc1. The van der Waals surface area contributed by atoms with Gasteiger partial charge in [0.25, 0.3) is 0 Å². The summed E-state index contributed by atoms with van der Waals surface area (Å²) in [4.78, 5) is 2.43. The minimum atomic E-state index is 1.09. The highest BCUT2D eigenvalue weighted by Crippen LogP contribution is 2.47. The summed E-state index contributed by atoms with van der Waals surface area (Å²) < 4.78 is 2.63. The average molecular weight is 856 g/mol. The Morgan fingerprint density at radius 1 is 0.258 bits per heavy atom. The predicted octanol–water partition coefficient (Wildman–Crippen LogP) is 18.8. The van der Waals surface area contributed by atoms with Crippen LogP contribution in [-0.2, 0) is 0 Å². The lowest BCUT2D eigenvalue weighted by Gasteiger charge is -2.27. The maximum atomic E-state index is 2.43. The van der Waals surface area contributed by atoms with Crippen LogP contribution in [0, 0.1) is 0 Å². The molecule has 0 amide bonds. The molecule has 2 heteroatoms. The van der Waals surface area contributed by atoms with E-state index in [9.17, 15) is 0 Å². The quantitative estimate of drug-likeness (QED) is 0.144. The fourth-order valence-electron chi connectivity index (χ4n) is 10.4. The first-order valence-corrected chi connectivity index (χ1v) is 23.5. The zero-order valence-corrected chi connectivity index (χ0v) is 36.8. The molecule has 0 aliphatic carbocycles. The van der Waals surface area contributed by atoms with E-state index in [1.807, 2.05) is 11.3 Å². The van der Waals surface area contributed by atoms with E-state index >= 15 is 0 Å². The van der Waals surface area contributed by atoms with Gasteiger partial charge in [0, 0.05) is 37.2 Å². The van der Waals surface area contributed by atoms with Crippen LogP contribution in [0.15, 0.2) is 249 Å². The number of anilines is 3. The maximum Gasteiger partial charge on any atom is 0.0468 e. The molecule has 0 aliphatic heterocycles. The third kappa shape index (κ3) is 6.37. The third-order valence-electron chi connectivity index (χ3n) is 13.4. The van der Waals surface area contributed by atoms with Gasteiger partial charge in [0.2, 0.25) is 0 Å². The van der Waals surface area contributed by atoms with Gasteiger partial charge in [-0.1, -0.05) is 200 Å². The lowest BCUT2D eigenvalue weighted by molar-refractivity contribution is 1.29. The van der Waals surface area contributed by atoms with Crippen molar-refractivity contribution >= 4 is 91.7 Å². The molecular weight excluding hydrogens is 815 g/mol. The van der Waals surface area contributed by atoms with Gasteiger partial charge in [0.15, 0.2) is 0 Å². The molecule has 0 spiro atoms. The van der Waals surface area contributed by atoms with Crippen molar-refractivity contribution in [2.24, 2.45) is 0 Å². The molecule has 0 radical (unpaired) electrons. The van der Waals surface area contributed by atoms with Crippen LogP contribution in [0.3, 0.4) is 0 Å². The van der Waals surface area contributed by atoms with Crippen molar-refractivity contribution in [1.82, 2.24) is 0 Å². The predicted molar refractivity (Wildman–Crippen MR) is 286 cm³/mol. The first-order chi connectivity index (χ1) is 32.7. The van der Waals surface area contributed by atoms with Crippen molar-refractivity contribution in [3.63, 3.8) is 0 Å². The summed E-state index contributed by atoms with van der Waals surface area (Å²) in [6.07, 6.45) is 0. The van der Waals surface area contributed by atoms with E-state index in [4.69, 9.17) is 0 Å². The molecule has 0 fully saturated rings. The number of rotatable bonds is 7. The minimum Gasteiger partial charge on any atom is -0.310 e. The standard InChI is InChI=1S/C64H41NS/c1-3-17-43(18-4-1)62-58-28-10-9-26-55(58)56-36-34-46(41-60(56)63(62)44-19-5-2-6-20-44)45-21-13-23-49(38-45)65(51-35-37-53-48(40-51)33-32-42-16-7-8-25-52(42)53)50-24-14-22-47(39-50)54-29-15-30-59-57-27-11-12-31-61(57)66-64(54)59/h1-41H. The second-order valence-electron chi connectivity index (χ2n) is 17.2. The van der Waals surface area contributed by atoms with Crippen LogP contribution in [0.25, 0.3) is 108 Å². The highest BCUT2D eigenvalue weighted by Gasteiger charge is 2.20. The molecule has 1 aromatic heterocycles. The molecule has 0 N–H and O–H groups in total. The monoisotopic (exact) mass is 855 g/mol. The highest BCUT2D eigenvalue weighted by molar-refractivity contribution is 7.26. The number of hydrogen-bond donors (Lipinski definition) is 0. The molecule has 13 aromatic rings. The van der Waals surface area contributed by atoms with Gasteiger partial charge >= 0.3 is 0 Å². The normalized spacial score (nSPS) is 11.6. The molecule has 1 heterocycles. The number of benzene rings is 12. The second-order valence-corrected chi connectivity index (χ2v) is 18.2. The van der Waals surface area contributed by atoms with Crippen molar-refractivity contribution < 1.29 is 0 Å². The van der Waals surface area contributed by atoms with Gasteiger partial charge in [-0.05, 0) is 136 Å². The van der Waals surface area contributed by atoms with Crippen molar-refractivity contribution in [1.29, 1.82) is 0 Å². The average Bonchev–Trinajstić information content (AvgIpc) is 3.78. The summed E-state index contributed by atoms with van der Waals surface area (Å²) in [5.74, 6) is 0. The van der Waals surface area contributed by atoms with Crippen molar-refractivity contribution in [2.45, 2.75) is 0 Å². The fourth-order valence-corrected chi connectivity index (χ4v) is 11.6. The van der Waals surface area contributed by atoms with Gasteiger partial charge in [-0.3, -0.25) is 0 Å². The molecule has 0 saturated heterocycles. The summed E-state index contributed by atoms with van der Waals surface area (Å²) in [6, 6.07) is 91.6. The Bertz CT molecular complexity index is 4000. The maximum absolute atomic E-state index is 2.43. The van der Waals surface area contributed by atoms with Gasteiger partial charge in [-0.2, -0.15) is 0 Å². The van der Waals surface area contributed by atoms with Crippen molar-refractivity contribution in [2.75, 3.05) is 4.90 Å². The lowest BCUT2D eigenvalue weighted by atomic mass is 9.84. The van der Waals surface area contributed by atoms with Gasteiger partial charge in [0.05, 0.1) is 0 Å². The molecule has 0 saturated carbocycles. The Morgan fingerprint density at radius 3 is 1.56 bits per heavy atom. The van der Waals surface area contributed by atoms with Crippen LogP contribution in [0.5, 0.6) is 0 Å². The van der Waals surface area contributed by atoms with E-state index in [0.717, 1.165) is 22.6 Å². The molecule has 0 aliphatic rings. The summed E-state index contributed by atoms with van der Waals surface area (Å²) >= 11 is 1.88. The first-order valence-electron chi connectivity index (χ1n) is 22.7. The van der Waals surface area contributed by atoms with E-state index in [1.54, 1.807) is 0 Å². The topological polar surface area (TPSA) is 3.24 Å². The van der Waals surface area contributed by atoms with E-state index in [1.165, 1.54) is 102 Å². The molecule has 0 unspecified atom stereocenters. The van der Waals surface area contributed by atoms with Crippen LogP contribution in [0.2, 0.25) is 0 Å². The summed E-state index contributed by atoms with van der Waals surface area (Å²) in [5.41, 5.74) is 13.0. The van der Waals surface area contributed by atoms with Crippen LogP contribution in [0.1, 0.15) is 0 Å². The Balaban J connectivity index is 1.01. The van der Waals surface area contributed by atoms with E-state index in [2.05, 4.69) is 254 Å². The number of fused-ring (bicyclic) bond motifs is 9. The van der Waals surface area contributed by atoms with Crippen LogP contribution in [0.4, 0.5) is 17.1 Å². The largest absolute Gasteiger partial charge is 0.310 e. The van der Waals surface area contributed by atoms with E-state index in [0.29, 0.717) is 0 Å². The number of thiophene rings is 1. The van der Waals surface area contributed by atoms with Crippen LogP contribution in [-0.4, -0.2) is 0 Å². The zero-order valence-electron chi connectivity index (χ0n) is 36.0. The van der Waals surface area contributed by atoms with E-state index in [-0.39, 0.29) is 0 Å².